The zero-order chi connectivity index (χ0) is 14.9. The Morgan fingerprint density at radius 2 is 2.24 bits per heavy atom. The van der Waals surface area contributed by atoms with Gasteiger partial charge in [0, 0.05) is 29.5 Å². The second kappa shape index (κ2) is 9.26. The Morgan fingerprint density at radius 1 is 1.38 bits per heavy atom. The molecule has 1 amide bonds. The van der Waals surface area contributed by atoms with Gasteiger partial charge in [-0.05, 0) is 25.3 Å². The fourth-order valence-corrected chi connectivity index (χ4v) is 5.38. The topological polar surface area (TPSA) is 38.3 Å². The van der Waals surface area contributed by atoms with E-state index in [0.29, 0.717) is 13.0 Å². The van der Waals surface area contributed by atoms with E-state index in [4.69, 9.17) is 4.74 Å². The third-order valence-corrected chi connectivity index (χ3v) is 6.58. The molecule has 1 aliphatic heterocycles. The molecule has 0 aliphatic carbocycles. The molecule has 0 bridgehead atoms. The summed E-state index contributed by atoms with van der Waals surface area (Å²) >= 11 is 0. The first kappa shape index (κ1) is 16.6. The van der Waals surface area contributed by atoms with Crippen molar-refractivity contribution in [2.24, 2.45) is 0 Å². The number of para-hydroxylation sites is 1. The van der Waals surface area contributed by atoms with Crippen molar-refractivity contribution in [3.8, 4) is 5.75 Å². The van der Waals surface area contributed by atoms with Gasteiger partial charge in [-0.15, -0.1) is 0 Å². The average molecular weight is 325 g/mol. The van der Waals surface area contributed by atoms with Crippen molar-refractivity contribution in [1.29, 1.82) is 0 Å². The second-order valence-corrected chi connectivity index (χ2v) is 7.95. The molecule has 0 radical (unpaired) electrons. The molecule has 1 N–H and O–H groups in total. The Kier molecular flexibility index (Phi) is 7.30. The molecule has 0 aromatic heterocycles. The number of methoxy groups -OCH3 is 1. The highest BCUT2D eigenvalue weighted by molar-refractivity contribution is 8.77. The van der Waals surface area contributed by atoms with Crippen LogP contribution in [0.25, 0.3) is 0 Å². The number of ether oxygens (including phenoxy) is 1. The second-order valence-electron chi connectivity index (χ2n) is 5.16. The van der Waals surface area contributed by atoms with Gasteiger partial charge in [-0.1, -0.05) is 46.2 Å². The molecule has 0 spiro atoms. The number of rotatable bonds is 8. The highest BCUT2D eigenvalue weighted by atomic mass is 33.1. The molecular weight excluding hydrogens is 302 g/mol. The normalized spacial score (nSPS) is 17.7. The van der Waals surface area contributed by atoms with Crippen molar-refractivity contribution in [2.75, 3.05) is 12.9 Å². The van der Waals surface area contributed by atoms with Gasteiger partial charge < -0.3 is 10.1 Å². The first-order valence-electron chi connectivity index (χ1n) is 7.46. The summed E-state index contributed by atoms with van der Waals surface area (Å²) in [4.78, 5) is 11.9. The number of hydrogen-bond acceptors (Lipinski definition) is 4. The predicted octanol–water partition coefficient (Wildman–Crippen LogP) is 4.03. The summed E-state index contributed by atoms with van der Waals surface area (Å²) in [5, 5.41) is 3.79. The van der Waals surface area contributed by atoms with Crippen LogP contribution in [0.3, 0.4) is 0 Å². The number of nitrogens with one attached hydrogen (secondary N) is 1. The predicted molar refractivity (Wildman–Crippen MR) is 91.8 cm³/mol. The zero-order valence-electron chi connectivity index (χ0n) is 12.5. The Hall–Kier alpha value is -0.810. The maximum Gasteiger partial charge on any atom is 0.220 e. The van der Waals surface area contributed by atoms with Crippen molar-refractivity contribution in [1.82, 2.24) is 5.32 Å². The fraction of sp³-hybridized carbons (Fsp3) is 0.562. The summed E-state index contributed by atoms with van der Waals surface area (Å²) in [7, 11) is 5.65. The molecule has 1 unspecified atom stereocenters. The van der Waals surface area contributed by atoms with Crippen LogP contribution in [0.5, 0.6) is 5.75 Å². The van der Waals surface area contributed by atoms with Gasteiger partial charge in [0.1, 0.15) is 5.75 Å². The van der Waals surface area contributed by atoms with Crippen LogP contribution in [0, 0.1) is 0 Å². The Morgan fingerprint density at radius 3 is 3.00 bits per heavy atom. The first-order chi connectivity index (χ1) is 10.3. The molecule has 1 aromatic rings. The molecule has 1 heterocycles. The summed E-state index contributed by atoms with van der Waals surface area (Å²) in [6.07, 6.45) is 5.34. The lowest BCUT2D eigenvalue weighted by Crippen LogP contribution is -2.22. The molecule has 0 saturated carbocycles. The van der Waals surface area contributed by atoms with Gasteiger partial charge >= 0.3 is 0 Å². The molecule has 2 rings (SSSR count). The summed E-state index contributed by atoms with van der Waals surface area (Å²) in [6, 6.07) is 7.79. The minimum absolute atomic E-state index is 0.134. The van der Waals surface area contributed by atoms with Crippen LogP contribution in [0.15, 0.2) is 24.3 Å². The zero-order valence-corrected chi connectivity index (χ0v) is 14.1. The third-order valence-electron chi connectivity index (χ3n) is 3.58. The summed E-state index contributed by atoms with van der Waals surface area (Å²) in [5.41, 5.74) is 1.02. The van der Waals surface area contributed by atoms with Crippen LogP contribution in [-0.2, 0) is 11.3 Å². The van der Waals surface area contributed by atoms with Gasteiger partial charge in [-0.2, -0.15) is 0 Å². The van der Waals surface area contributed by atoms with Gasteiger partial charge in [-0.3, -0.25) is 4.79 Å². The molecular formula is C16H23NO2S2. The van der Waals surface area contributed by atoms with Gasteiger partial charge in [-0.25, -0.2) is 0 Å². The number of hydrogen-bond donors (Lipinski definition) is 1. The Bertz CT molecular complexity index is 448. The number of unbranched alkanes of at least 4 members (excludes halogenated alkanes) is 1. The number of amides is 1. The third kappa shape index (κ3) is 5.83. The summed E-state index contributed by atoms with van der Waals surface area (Å²) < 4.78 is 5.28. The molecule has 1 aromatic carbocycles. The van der Waals surface area contributed by atoms with Gasteiger partial charge in [0.25, 0.3) is 0 Å². The summed E-state index contributed by atoms with van der Waals surface area (Å²) in [5.74, 6) is 2.25. The van der Waals surface area contributed by atoms with E-state index in [2.05, 4.69) is 5.32 Å². The highest BCUT2D eigenvalue weighted by Gasteiger charge is 2.15. The molecule has 116 valence electrons. The van der Waals surface area contributed by atoms with Crippen LogP contribution in [0.1, 0.15) is 37.7 Å². The molecule has 3 nitrogen and oxygen atoms in total. The lowest BCUT2D eigenvalue weighted by molar-refractivity contribution is -0.121. The molecule has 1 saturated heterocycles. The number of benzene rings is 1. The highest BCUT2D eigenvalue weighted by Crippen LogP contribution is 2.39. The average Bonchev–Trinajstić information content (AvgIpc) is 3.03. The van der Waals surface area contributed by atoms with Gasteiger partial charge in [0.2, 0.25) is 5.91 Å². The van der Waals surface area contributed by atoms with E-state index in [0.717, 1.165) is 29.4 Å². The maximum atomic E-state index is 11.9. The molecule has 1 fully saturated rings. The van der Waals surface area contributed by atoms with Crippen molar-refractivity contribution in [2.45, 2.75) is 43.9 Å². The lowest BCUT2D eigenvalue weighted by Gasteiger charge is -2.10. The summed E-state index contributed by atoms with van der Waals surface area (Å²) in [6.45, 7) is 0.540. The minimum atomic E-state index is 0.134. The van der Waals surface area contributed by atoms with Crippen molar-refractivity contribution in [3.63, 3.8) is 0 Å². The van der Waals surface area contributed by atoms with E-state index >= 15 is 0 Å². The van der Waals surface area contributed by atoms with E-state index in [1.54, 1.807) is 7.11 Å². The fourth-order valence-electron chi connectivity index (χ4n) is 2.35. The first-order valence-corrected chi connectivity index (χ1v) is 9.84. The Labute approximate surface area is 135 Å². The van der Waals surface area contributed by atoms with E-state index < -0.39 is 0 Å². The monoisotopic (exact) mass is 325 g/mol. The van der Waals surface area contributed by atoms with Crippen LogP contribution < -0.4 is 10.1 Å². The van der Waals surface area contributed by atoms with E-state index in [-0.39, 0.29) is 5.91 Å². The van der Waals surface area contributed by atoms with E-state index in [9.17, 15) is 4.79 Å². The van der Waals surface area contributed by atoms with Gasteiger partial charge in [0.15, 0.2) is 0 Å². The SMILES string of the molecule is COc1ccccc1CNC(=O)CCCCC1CCSS1. The molecule has 21 heavy (non-hydrogen) atoms. The standard InChI is InChI=1S/C16H23NO2S2/c1-19-15-8-4-2-6-13(15)12-17-16(18)9-5-3-7-14-10-11-20-21-14/h2,4,6,8,14H,3,5,7,9-12H2,1H3,(H,17,18). The maximum absolute atomic E-state index is 11.9. The molecule has 1 atom stereocenters. The lowest BCUT2D eigenvalue weighted by atomic mass is 10.1. The van der Waals surface area contributed by atoms with E-state index in [1.807, 2.05) is 45.9 Å². The molecule has 1 aliphatic rings. The minimum Gasteiger partial charge on any atom is -0.496 e. The number of carbonyl (C=O) groups excluding carboxylic acids is 1. The van der Waals surface area contributed by atoms with Crippen LogP contribution >= 0.6 is 21.6 Å². The van der Waals surface area contributed by atoms with Crippen molar-refractivity contribution >= 4 is 27.5 Å². The Balaban J connectivity index is 1.60. The quantitative estimate of drug-likeness (QED) is 0.578. The van der Waals surface area contributed by atoms with E-state index in [1.165, 1.54) is 18.6 Å². The van der Waals surface area contributed by atoms with Crippen molar-refractivity contribution < 1.29 is 9.53 Å². The smallest absolute Gasteiger partial charge is 0.220 e. The molecule has 5 heteroatoms. The number of carbonyl (C=O) groups is 1. The van der Waals surface area contributed by atoms with Crippen LogP contribution in [0.2, 0.25) is 0 Å². The van der Waals surface area contributed by atoms with Crippen LogP contribution in [0.4, 0.5) is 0 Å². The van der Waals surface area contributed by atoms with Crippen LogP contribution in [-0.4, -0.2) is 24.0 Å². The van der Waals surface area contributed by atoms with Crippen molar-refractivity contribution in [3.05, 3.63) is 29.8 Å². The largest absolute Gasteiger partial charge is 0.496 e. The van der Waals surface area contributed by atoms with Gasteiger partial charge in [0.05, 0.1) is 7.11 Å².